The van der Waals surface area contributed by atoms with Crippen LogP contribution in [0.2, 0.25) is 5.02 Å². The first-order valence-corrected chi connectivity index (χ1v) is 8.16. The molecule has 2 rings (SSSR count). The number of hydrogen-bond donors (Lipinski definition) is 0. The van der Waals surface area contributed by atoms with Crippen LogP contribution in [0.25, 0.3) is 0 Å². The Morgan fingerprint density at radius 1 is 1.36 bits per heavy atom. The van der Waals surface area contributed by atoms with Crippen LogP contribution in [0.15, 0.2) is 29.4 Å². The average Bonchev–Trinajstić information content (AvgIpc) is 2.80. The van der Waals surface area contributed by atoms with Crippen LogP contribution in [-0.4, -0.2) is 55.4 Å². The summed E-state index contributed by atoms with van der Waals surface area (Å²) in [6.45, 7) is 1.63. The Hall–Kier alpha value is -0.810. The molecule has 0 N–H and O–H groups in total. The predicted molar refractivity (Wildman–Crippen MR) is 92.8 cm³/mol. The largest absolute Gasteiger partial charge is 0.370 e. The minimum atomic E-state index is -0.689. The van der Waals surface area contributed by atoms with Gasteiger partial charge in [-0.15, -0.1) is 0 Å². The first kappa shape index (κ1) is 17.5. The maximum Gasteiger partial charge on any atom is 0.165 e. The van der Waals surface area contributed by atoms with Crippen LogP contribution >= 0.6 is 23.2 Å². The first-order valence-electron chi connectivity index (χ1n) is 7.40. The summed E-state index contributed by atoms with van der Waals surface area (Å²) < 4.78 is 6.15. The molecule has 2 unspecified atom stereocenters. The van der Waals surface area contributed by atoms with Crippen molar-refractivity contribution in [2.75, 3.05) is 34.3 Å². The van der Waals surface area contributed by atoms with Crippen molar-refractivity contribution in [3.8, 4) is 0 Å². The van der Waals surface area contributed by atoms with E-state index < -0.39 is 5.00 Å². The first-order chi connectivity index (χ1) is 10.4. The minimum Gasteiger partial charge on any atom is -0.370 e. The molecular formula is C16H23Cl2N3O. The molecule has 0 bridgehead atoms. The fraction of sp³-hybridized carbons (Fsp3) is 0.562. The molecule has 0 fully saturated rings. The summed E-state index contributed by atoms with van der Waals surface area (Å²) in [5, 5.41) is 6.75. The monoisotopic (exact) mass is 343 g/mol. The molecule has 2 atom stereocenters. The molecule has 0 aliphatic carbocycles. The molecule has 1 aliphatic rings. The highest BCUT2D eigenvalue weighted by Gasteiger charge is 2.44. The fourth-order valence-corrected chi connectivity index (χ4v) is 2.92. The quantitative estimate of drug-likeness (QED) is 0.430. The van der Waals surface area contributed by atoms with Crippen molar-refractivity contribution in [3.05, 3.63) is 34.9 Å². The summed E-state index contributed by atoms with van der Waals surface area (Å²) in [5.41, 5.74) is 1.02. The molecule has 4 nitrogen and oxygen atoms in total. The van der Waals surface area contributed by atoms with Gasteiger partial charge in [-0.1, -0.05) is 35.3 Å². The lowest BCUT2D eigenvalue weighted by Crippen LogP contribution is -2.42. The second-order valence-electron chi connectivity index (χ2n) is 5.80. The van der Waals surface area contributed by atoms with E-state index in [2.05, 4.69) is 24.1 Å². The molecule has 0 saturated heterocycles. The number of alkyl halides is 1. The summed E-state index contributed by atoms with van der Waals surface area (Å²) in [6.07, 6.45) is 3.17. The molecule has 0 spiro atoms. The van der Waals surface area contributed by atoms with Crippen molar-refractivity contribution < 1.29 is 4.74 Å². The number of rotatable bonds is 7. The molecule has 122 valence electrons. The van der Waals surface area contributed by atoms with Crippen molar-refractivity contribution in [1.29, 1.82) is 0 Å². The van der Waals surface area contributed by atoms with Gasteiger partial charge in [0, 0.05) is 31.3 Å². The van der Waals surface area contributed by atoms with Crippen LogP contribution in [-0.2, 0) is 4.74 Å². The summed E-state index contributed by atoms with van der Waals surface area (Å²) in [7, 11) is 5.99. The number of halogens is 2. The van der Waals surface area contributed by atoms with E-state index in [-0.39, 0.29) is 6.10 Å². The van der Waals surface area contributed by atoms with Crippen molar-refractivity contribution in [2.24, 2.45) is 5.10 Å². The zero-order chi connectivity index (χ0) is 16.2. The van der Waals surface area contributed by atoms with Gasteiger partial charge in [-0.2, -0.15) is 5.10 Å². The maximum absolute atomic E-state index is 6.84. The van der Waals surface area contributed by atoms with Gasteiger partial charge < -0.3 is 9.64 Å². The van der Waals surface area contributed by atoms with E-state index >= 15 is 0 Å². The molecule has 6 heteroatoms. The van der Waals surface area contributed by atoms with Crippen molar-refractivity contribution in [3.63, 3.8) is 0 Å². The summed E-state index contributed by atoms with van der Waals surface area (Å²) in [5.74, 6) is 0. The summed E-state index contributed by atoms with van der Waals surface area (Å²) >= 11 is 12.8. The Bertz CT molecular complexity index is 507. The van der Waals surface area contributed by atoms with Crippen molar-refractivity contribution in [2.45, 2.75) is 23.9 Å². The Morgan fingerprint density at radius 3 is 2.59 bits per heavy atom. The van der Waals surface area contributed by atoms with Gasteiger partial charge in [0.05, 0.1) is 0 Å². The molecule has 0 amide bonds. The maximum atomic E-state index is 6.84. The van der Waals surface area contributed by atoms with Gasteiger partial charge in [0.2, 0.25) is 0 Å². The highest BCUT2D eigenvalue weighted by molar-refractivity contribution is 6.30. The third-order valence-corrected chi connectivity index (χ3v) is 4.63. The zero-order valence-corrected chi connectivity index (χ0v) is 14.8. The van der Waals surface area contributed by atoms with E-state index in [0.29, 0.717) is 18.1 Å². The second kappa shape index (κ2) is 7.64. The molecule has 0 radical (unpaired) electrons. The lowest BCUT2D eigenvalue weighted by molar-refractivity contribution is -0.0220. The number of hydrogen-bond acceptors (Lipinski definition) is 4. The van der Waals surface area contributed by atoms with Gasteiger partial charge in [0.1, 0.15) is 6.10 Å². The summed E-state index contributed by atoms with van der Waals surface area (Å²) in [6, 6.07) is 7.66. The number of likely N-dealkylation sites (N-methyl/N-ethyl adjacent to an activating group) is 1. The van der Waals surface area contributed by atoms with E-state index in [1.807, 2.05) is 37.5 Å². The highest BCUT2D eigenvalue weighted by Crippen LogP contribution is 2.42. The Labute approximate surface area is 142 Å². The standard InChI is InChI=1S/C16H23Cl2N3O/c1-20(2)11-4-12-22-15(13-5-7-14(17)8-6-13)16(18)9-10-19-21(16)3/h5-8,10,15H,4,9,11-12H2,1-3H3. The molecule has 1 aromatic carbocycles. The Morgan fingerprint density at radius 2 is 2.05 bits per heavy atom. The molecule has 1 heterocycles. The van der Waals surface area contributed by atoms with Crippen LogP contribution in [0.5, 0.6) is 0 Å². The Balaban J connectivity index is 2.12. The number of benzene rings is 1. The third kappa shape index (κ3) is 4.13. The number of ether oxygens (including phenoxy) is 1. The van der Waals surface area contributed by atoms with Crippen LogP contribution in [0.1, 0.15) is 24.5 Å². The van der Waals surface area contributed by atoms with E-state index in [9.17, 15) is 0 Å². The van der Waals surface area contributed by atoms with Gasteiger partial charge in [0.15, 0.2) is 5.00 Å². The highest BCUT2D eigenvalue weighted by atomic mass is 35.5. The van der Waals surface area contributed by atoms with Gasteiger partial charge in [-0.05, 0) is 44.8 Å². The number of hydrazone groups is 1. The normalized spacial score (nSPS) is 22.5. The molecule has 22 heavy (non-hydrogen) atoms. The van der Waals surface area contributed by atoms with E-state index in [0.717, 1.165) is 18.5 Å². The lowest BCUT2D eigenvalue weighted by atomic mass is 9.99. The Kier molecular flexibility index (Phi) is 6.09. The summed E-state index contributed by atoms with van der Waals surface area (Å²) in [4.78, 5) is 1.45. The van der Waals surface area contributed by atoms with Crippen LogP contribution < -0.4 is 0 Å². The SMILES string of the molecule is CN(C)CCCOC(c1ccc(Cl)cc1)C1(Cl)CC=NN1C. The topological polar surface area (TPSA) is 28.1 Å². The molecule has 0 aromatic heterocycles. The number of nitrogens with zero attached hydrogens (tertiary/aromatic N) is 3. The smallest absolute Gasteiger partial charge is 0.165 e. The average molecular weight is 344 g/mol. The van der Waals surface area contributed by atoms with Gasteiger partial charge >= 0.3 is 0 Å². The van der Waals surface area contributed by atoms with E-state index in [1.165, 1.54) is 0 Å². The third-order valence-electron chi connectivity index (χ3n) is 3.78. The van der Waals surface area contributed by atoms with E-state index in [1.54, 1.807) is 5.01 Å². The van der Waals surface area contributed by atoms with Crippen molar-refractivity contribution >= 4 is 29.4 Å². The molecule has 1 aliphatic heterocycles. The predicted octanol–water partition coefficient (Wildman–Crippen LogP) is 3.61. The molecule has 1 aromatic rings. The van der Waals surface area contributed by atoms with E-state index in [4.69, 9.17) is 27.9 Å². The van der Waals surface area contributed by atoms with Crippen molar-refractivity contribution in [1.82, 2.24) is 9.91 Å². The van der Waals surface area contributed by atoms with Gasteiger partial charge in [-0.3, -0.25) is 5.01 Å². The van der Waals surface area contributed by atoms with Gasteiger partial charge in [-0.25, -0.2) is 0 Å². The minimum absolute atomic E-state index is 0.263. The molecule has 0 saturated carbocycles. The second-order valence-corrected chi connectivity index (χ2v) is 6.89. The van der Waals surface area contributed by atoms with Crippen LogP contribution in [0, 0.1) is 0 Å². The molecular weight excluding hydrogens is 321 g/mol. The lowest BCUT2D eigenvalue weighted by Gasteiger charge is -2.37. The fourth-order valence-electron chi connectivity index (χ4n) is 2.49. The van der Waals surface area contributed by atoms with Gasteiger partial charge in [0.25, 0.3) is 0 Å². The van der Waals surface area contributed by atoms with Crippen LogP contribution in [0.3, 0.4) is 0 Å². The zero-order valence-electron chi connectivity index (χ0n) is 13.3. The van der Waals surface area contributed by atoms with Crippen LogP contribution in [0.4, 0.5) is 0 Å².